The van der Waals surface area contributed by atoms with Gasteiger partial charge in [0.1, 0.15) is 28.8 Å². The summed E-state index contributed by atoms with van der Waals surface area (Å²) in [5, 5.41) is 12.1. The lowest BCUT2D eigenvalue weighted by atomic mass is 9.91. The molecule has 0 radical (unpaired) electrons. The molecule has 7 nitrogen and oxygen atoms in total. The molecule has 1 fully saturated rings. The van der Waals surface area contributed by atoms with Crippen LogP contribution in [0.4, 0.5) is 14.5 Å². The molecule has 1 heterocycles. The molecule has 174 valence electrons. The maximum atomic E-state index is 13.9. The van der Waals surface area contributed by atoms with Crippen LogP contribution in [-0.2, 0) is 9.63 Å². The molecular weight excluding hydrogens is 446 g/mol. The van der Waals surface area contributed by atoms with Crippen molar-refractivity contribution >= 4 is 23.3 Å². The van der Waals surface area contributed by atoms with Crippen molar-refractivity contribution in [1.29, 1.82) is 0 Å². The third-order valence-electron chi connectivity index (χ3n) is 5.52. The molecule has 4 rings (SSSR count). The van der Waals surface area contributed by atoms with Crippen LogP contribution >= 0.6 is 0 Å². The van der Waals surface area contributed by atoms with Crippen molar-refractivity contribution in [3.8, 4) is 11.1 Å². The minimum absolute atomic E-state index is 0.0488. The number of aromatic carboxylic acids is 1. The first kappa shape index (κ1) is 23.2. The van der Waals surface area contributed by atoms with Gasteiger partial charge in [0.25, 0.3) is 5.91 Å². The molecule has 1 atom stereocenters. The molecule has 1 aliphatic rings. The molecule has 3 aromatic carbocycles. The van der Waals surface area contributed by atoms with E-state index in [4.69, 9.17) is 4.84 Å². The number of benzene rings is 3. The quantitative estimate of drug-likeness (QED) is 0.511. The van der Waals surface area contributed by atoms with Crippen LogP contribution < -0.4 is 10.8 Å². The van der Waals surface area contributed by atoms with Crippen LogP contribution in [0.25, 0.3) is 11.1 Å². The molecule has 0 bridgehead atoms. The van der Waals surface area contributed by atoms with Crippen molar-refractivity contribution in [2.24, 2.45) is 0 Å². The van der Waals surface area contributed by atoms with Crippen LogP contribution in [0.3, 0.4) is 0 Å². The molecule has 34 heavy (non-hydrogen) atoms. The maximum Gasteiger partial charge on any atom is 0.336 e. The van der Waals surface area contributed by atoms with Crippen LogP contribution in [0.1, 0.15) is 46.2 Å². The molecule has 1 aliphatic heterocycles. The Bertz CT molecular complexity index is 1300. The van der Waals surface area contributed by atoms with Gasteiger partial charge < -0.3 is 10.4 Å². The number of carbonyl (C=O) groups excluding carboxylic acids is 2. The Kier molecular flexibility index (Phi) is 5.99. The van der Waals surface area contributed by atoms with Gasteiger partial charge in [0.2, 0.25) is 0 Å². The Morgan fingerprint density at radius 3 is 2.32 bits per heavy atom. The van der Waals surface area contributed by atoms with Crippen molar-refractivity contribution in [2.75, 3.05) is 5.32 Å². The second-order valence-electron chi connectivity index (χ2n) is 8.27. The number of ketones is 1. The van der Waals surface area contributed by atoms with E-state index >= 15 is 0 Å². The summed E-state index contributed by atoms with van der Waals surface area (Å²) in [6.07, 6.45) is 0. The van der Waals surface area contributed by atoms with Gasteiger partial charge in [-0.2, -0.15) is 5.48 Å². The minimum atomic E-state index is -1.27. The average Bonchev–Trinajstić information content (AvgIpc) is 3.06. The summed E-state index contributed by atoms with van der Waals surface area (Å²) in [5.41, 5.74) is 2.29. The molecule has 3 N–H and O–H groups in total. The first-order valence-corrected chi connectivity index (χ1v) is 10.3. The van der Waals surface area contributed by atoms with Gasteiger partial charge in [-0.15, -0.1) is 0 Å². The van der Waals surface area contributed by atoms with Gasteiger partial charge in [0.05, 0.1) is 5.56 Å². The highest BCUT2D eigenvalue weighted by molar-refractivity contribution is 6.06. The second kappa shape index (κ2) is 8.77. The number of anilines is 1. The predicted molar refractivity (Wildman–Crippen MR) is 119 cm³/mol. The molecular formula is C25H20F2N2O5. The zero-order chi connectivity index (χ0) is 24.6. The summed E-state index contributed by atoms with van der Waals surface area (Å²) < 4.78 is 27.8. The van der Waals surface area contributed by atoms with Crippen LogP contribution in [-0.4, -0.2) is 28.4 Å². The van der Waals surface area contributed by atoms with E-state index in [1.807, 2.05) is 0 Å². The highest BCUT2D eigenvalue weighted by Crippen LogP contribution is 2.33. The first-order chi connectivity index (χ1) is 16.1. The molecule has 0 spiro atoms. The number of hydroxylamine groups is 1. The van der Waals surface area contributed by atoms with Crippen LogP contribution in [0.2, 0.25) is 0 Å². The number of amides is 1. The lowest BCUT2D eigenvalue weighted by molar-refractivity contribution is -0.130. The van der Waals surface area contributed by atoms with Gasteiger partial charge in [0.15, 0.2) is 5.78 Å². The molecule has 1 saturated heterocycles. The summed E-state index contributed by atoms with van der Waals surface area (Å²) >= 11 is 0. The summed E-state index contributed by atoms with van der Waals surface area (Å²) in [6.45, 7) is 3.30. The Morgan fingerprint density at radius 1 is 1.03 bits per heavy atom. The van der Waals surface area contributed by atoms with Crippen molar-refractivity contribution in [1.82, 2.24) is 5.48 Å². The molecule has 1 unspecified atom stereocenters. The number of nitrogens with one attached hydrogen (secondary N) is 2. The molecule has 9 heteroatoms. The van der Waals surface area contributed by atoms with E-state index in [0.29, 0.717) is 16.7 Å². The van der Waals surface area contributed by atoms with E-state index in [2.05, 4.69) is 10.8 Å². The van der Waals surface area contributed by atoms with E-state index in [1.54, 1.807) is 38.1 Å². The van der Waals surface area contributed by atoms with Crippen molar-refractivity contribution < 1.29 is 33.1 Å². The average molecular weight is 466 g/mol. The first-order valence-electron chi connectivity index (χ1n) is 10.3. The minimum Gasteiger partial charge on any atom is -0.478 e. The lowest BCUT2D eigenvalue weighted by Crippen LogP contribution is -2.29. The van der Waals surface area contributed by atoms with Crippen LogP contribution in [0.5, 0.6) is 0 Å². The van der Waals surface area contributed by atoms with Crippen molar-refractivity contribution in [3.05, 3.63) is 89.0 Å². The summed E-state index contributed by atoms with van der Waals surface area (Å²) in [7, 11) is 0. The molecule has 1 amide bonds. The van der Waals surface area contributed by atoms with Crippen molar-refractivity contribution in [2.45, 2.75) is 25.5 Å². The number of hydrogen-bond donors (Lipinski definition) is 3. The Morgan fingerprint density at radius 2 is 1.71 bits per heavy atom. The fourth-order valence-corrected chi connectivity index (χ4v) is 3.72. The number of Topliss-reactive ketones (excluding diaryl/α,β-unsaturated/α-hetero) is 1. The zero-order valence-corrected chi connectivity index (χ0v) is 18.2. The normalized spacial score (nSPS) is 16.9. The van der Waals surface area contributed by atoms with Gasteiger partial charge >= 0.3 is 5.97 Å². The number of carboxylic acids is 1. The van der Waals surface area contributed by atoms with Gasteiger partial charge in [-0.05, 0) is 60.9 Å². The number of halogens is 2. The fourth-order valence-electron chi connectivity index (χ4n) is 3.72. The highest BCUT2D eigenvalue weighted by Gasteiger charge is 2.43. The summed E-state index contributed by atoms with van der Waals surface area (Å²) in [6, 6.07) is 13.2. The van der Waals surface area contributed by atoms with Gasteiger partial charge in [-0.3, -0.25) is 14.4 Å². The molecule has 0 saturated carbocycles. The Balaban J connectivity index is 1.66. The number of rotatable bonds is 5. The number of carboxylic acid groups (broad SMARTS) is 1. The SMILES string of the molecule is CC1(C)ONC(c2cccc(-c3ccc(NC(=O)c4c(F)cccc4F)cc3C(=O)O)c2)C1=O. The van der Waals surface area contributed by atoms with E-state index in [1.165, 1.54) is 18.2 Å². The monoisotopic (exact) mass is 466 g/mol. The maximum absolute atomic E-state index is 13.9. The predicted octanol–water partition coefficient (Wildman–Crippen LogP) is 4.51. The van der Waals surface area contributed by atoms with Gasteiger partial charge in [-0.25, -0.2) is 13.6 Å². The Hall–Kier alpha value is -3.95. The largest absolute Gasteiger partial charge is 0.478 e. The lowest BCUT2D eigenvalue weighted by Gasteiger charge is -2.14. The van der Waals surface area contributed by atoms with E-state index in [-0.39, 0.29) is 17.0 Å². The molecule has 0 aromatic heterocycles. The van der Waals surface area contributed by atoms with E-state index < -0.39 is 40.7 Å². The van der Waals surface area contributed by atoms with Gasteiger partial charge in [-0.1, -0.05) is 30.3 Å². The second-order valence-corrected chi connectivity index (χ2v) is 8.27. The third kappa shape index (κ3) is 4.30. The third-order valence-corrected chi connectivity index (χ3v) is 5.52. The van der Waals surface area contributed by atoms with E-state index in [9.17, 15) is 28.3 Å². The number of hydrogen-bond acceptors (Lipinski definition) is 5. The zero-order valence-electron chi connectivity index (χ0n) is 18.2. The van der Waals surface area contributed by atoms with Gasteiger partial charge in [0, 0.05) is 5.69 Å². The smallest absolute Gasteiger partial charge is 0.336 e. The standard InChI is InChI=1S/C25H20F2N2O5/c1-25(2)22(30)21(29-34-25)14-6-3-5-13(11-14)16-10-9-15(12-17(16)24(32)33)28-23(31)20-18(26)7-4-8-19(20)27/h3-12,21,29H,1-2H3,(H,28,31)(H,32,33). The fraction of sp³-hybridized carbons (Fsp3) is 0.160. The summed E-state index contributed by atoms with van der Waals surface area (Å²) in [5.74, 6) is -4.55. The highest BCUT2D eigenvalue weighted by atomic mass is 19.1. The summed E-state index contributed by atoms with van der Waals surface area (Å²) in [4.78, 5) is 42.3. The molecule has 3 aromatic rings. The topological polar surface area (TPSA) is 105 Å². The Labute approximate surface area is 193 Å². The van der Waals surface area contributed by atoms with Crippen LogP contribution in [0.15, 0.2) is 60.7 Å². The van der Waals surface area contributed by atoms with Crippen molar-refractivity contribution in [3.63, 3.8) is 0 Å². The number of carbonyl (C=O) groups is 3. The van der Waals surface area contributed by atoms with Crippen LogP contribution in [0, 0.1) is 11.6 Å². The van der Waals surface area contributed by atoms with E-state index in [0.717, 1.165) is 18.2 Å². The molecule has 0 aliphatic carbocycles.